The molecule has 2 aromatic heterocycles. The van der Waals surface area contributed by atoms with Crippen LogP contribution in [0.25, 0.3) is 0 Å². The van der Waals surface area contributed by atoms with Gasteiger partial charge in [-0.25, -0.2) is 0 Å². The molecule has 0 saturated heterocycles. The molecule has 5 rings (SSSR count). The molecule has 0 saturated carbocycles. The maximum atomic E-state index is 11.6. The van der Waals surface area contributed by atoms with Crippen molar-refractivity contribution in [1.29, 1.82) is 0 Å². The van der Waals surface area contributed by atoms with Crippen LogP contribution in [-0.2, 0) is 67.6 Å². The van der Waals surface area contributed by atoms with E-state index in [9.17, 15) is 19.8 Å². The van der Waals surface area contributed by atoms with Gasteiger partial charge in [0, 0.05) is 37.0 Å². The van der Waals surface area contributed by atoms with E-state index in [4.69, 9.17) is 9.97 Å². The second-order valence-electron chi connectivity index (χ2n) is 12.5. The number of hydrogen-bond donors (Lipinski definition) is 4. The maximum absolute atomic E-state index is 11.6. The molecule has 4 atom stereocenters. The van der Waals surface area contributed by atoms with Crippen LogP contribution in [0.2, 0.25) is 0 Å². The van der Waals surface area contributed by atoms with Crippen molar-refractivity contribution in [1.82, 2.24) is 20.6 Å². The number of carboxylic acid groups (broad SMARTS) is 2. The van der Waals surface area contributed by atoms with Crippen molar-refractivity contribution < 1.29 is 39.3 Å². The van der Waals surface area contributed by atoms with Crippen molar-refractivity contribution >= 4 is 11.9 Å². The maximum Gasteiger partial charge on any atom is 2.00 e. The predicted molar refractivity (Wildman–Crippen MR) is 163 cm³/mol. The molecule has 3 aliphatic rings. The number of rotatable bonds is 8. The van der Waals surface area contributed by atoms with Crippen molar-refractivity contribution in [3.8, 4) is 0 Å². The fourth-order valence-corrected chi connectivity index (χ4v) is 7.81. The number of nitrogens with zero attached hydrogens (tertiary/aromatic N) is 2. The van der Waals surface area contributed by atoms with Gasteiger partial charge in [-0.2, -0.15) is 22.8 Å². The fraction of sp³-hybridized carbons (Fsp3) is 0.588. The smallest absolute Gasteiger partial charge is 0.664 e. The van der Waals surface area contributed by atoms with Crippen LogP contribution >= 0.6 is 0 Å². The van der Waals surface area contributed by atoms with E-state index in [2.05, 4.69) is 52.2 Å². The quantitative estimate of drug-likeness (QED) is 0.249. The summed E-state index contributed by atoms with van der Waals surface area (Å²) >= 11 is 0. The average molecular weight is 640 g/mol. The van der Waals surface area contributed by atoms with E-state index >= 15 is 0 Å². The number of carboxylic acids is 2. The Hall–Kier alpha value is -2.48. The molecule has 4 N–H and O–H groups in total. The summed E-state index contributed by atoms with van der Waals surface area (Å²) in [5.41, 5.74) is 14.3. The summed E-state index contributed by atoms with van der Waals surface area (Å²) in [6.45, 7) is 13.1. The number of nitrogens with one attached hydrogen (secondary N) is 2. The summed E-state index contributed by atoms with van der Waals surface area (Å²) in [5, 5.41) is 26.8. The van der Waals surface area contributed by atoms with Crippen molar-refractivity contribution in [2.24, 2.45) is 0 Å². The first-order chi connectivity index (χ1) is 20.0. The molecule has 8 nitrogen and oxygen atoms in total. The Labute approximate surface area is 268 Å². The third-order valence-electron chi connectivity index (χ3n) is 10.2. The van der Waals surface area contributed by atoms with Crippen molar-refractivity contribution in [3.05, 3.63) is 67.3 Å². The Kier molecular flexibility index (Phi) is 10.6. The molecule has 5 heterocycles. The third-order valence-corrected chi connectivity index (χ3v) is 10.2. The minimum absolute atomic E-state index is 0. The van der Waals surface area contributed by atoms with Crippen LogP contribution in [0.4, 0.5) is 0 Å². The van der Waals surface area contributed by atoms with Crippen molar-refractivity contribution in [3.63, 3.8) is 0 Å². The summed E-state index contributed by atoms with van der Waals surface area (Å²) in [6.07, 6.45) is 6.01. The molecule has 3 aliphatic heterocycles. The van der Waals surface area contributed by atoms with Crippen LogP contribution in [-0.4, -0.2) is 46.3 Å². The standard InChI is InChI=1S/C34H46N4O4.Zn/c1-7-21-17(3)25-13-26-19(5)23(9-11-33(39)40)31(37-26)16-32-24(10-12-34(41)42)20(6)28(38-32)15-30-22(8-2)18(4)27(36-30)14-29(21)35-25;/h26-27,30-31,36-37H,7-16H2,1-6H3,(H,39,40)(H,41,42);/q-2;+2. The van der Waals surface area contributed by atoms with Gasteiger partial charge in [-0.15, -0.1) is 0 Å². The molecule has 0 spiro atoms. The number of hydrogen-bond acceptors (Lipinski definition) is 4. The summed E-state index contributed by atoms with van der Waals surface area (Å²) in [7, 11) is 0. The number of aliphatic carboxylic acids is 2. The molecule has 0 radical (unpaired) electrons. The zero-order valence-electron chi connectivity index (χ0n) is 26.7. The van der Waals surface area contributed by atoms with Crippen LogP contribution in [0.1, 0.15) is 98.4 Å². The van der Waals surface area contributed by atoms with E-state index in [-0.39, 0.29) is 56.5 Å². The van der Waals surface area contributed by atoms with Gasteiger partial charge in [0.25, 0.3) is 0 Å². The zero-order valence-corrected chi connectivity index (χ0v) is 29.7. The topological polar surface area (TPSA) is 127 Å². The van der Waals surface area contributed by atoms with Gasteiger partial charge in [0.2, 0.25) is 0 Å². The van der Waals surface area contributed by atoms with Gasteiger partial charge < -0.3 is 30.8 Å². The average Bonchev–Trinajstić information content (AvgIpc) is 3.59. The zero-order chi connectivity index (χ0) is 30.3. The van der Waals surface area contributed by atoms with E-state index in [0.29, 0.717) is 19.3 Å². The van der Waals surface area contributed by atoms with E-state index in [0.717, 1.165) is 65.9 Å². The van der Waals surface area contributed by atoms with Gasteiger partial charge in [0.1, 0.15) is 0 Å². The minimum atomic E-state index is -0.811. The molecule has 0 aromatic carbocycles. The normalized spacial score (nSPS) is 23.6. The molecule has 43 heavy (non-hydrogen) atoms. The van der Waals surface area contributed by atoms with E-state index in [1.165, 1.54) is 33.5 Å². The summed E-state index contributed by atoms with van der Waals surface area (Å²) in [5.74, 6) is -1.61. The van der Waals surface area contributed by atoms with Crippen molar-refractivity contribution in [2.75, 3.05) is 0 Å². The van der Waals surface area contributed by atoms with Crippen LogP contribution < -0.4 is 20.6 Å². The van der Waals surface area contributed by atoms with Crippen LogP contribution in [0, 0.1) is 13.8 Å². The Morgan fingerprint density at radius 1 is 0.651 bits per heavy atom. The van der Waals surface area contributed by atoms with Gasteiger partial charge in [0.05, 0.1) is 0 Å². The Bertz CT molecular complexity index is 1450. The van der Waals surface area contributed by atoms with E-state index in [1.807, 2.05) is 0 Å². The Balaban J connectivity index is 0.00000423. The number of carbonyl (C=O) groups is 2. The molecule has 0 fully saturated rings. The Morgan fingerprint density at radius 2 is 1.09 bits per heavy atom. The summed E-state index contributed by atoms with van der Waals surface area (Å²) in [4.78, 5) is 33.6. The largest absolute Gasteiger partial charge is 2.00 e. The molecule has 228 valence electrons. The van der Waals surface area contributed by atoms with Gasteiger partial charge in [-0.3, -0.25) is 9.59 Å². The second-order valence-corrected chi connectivity index (χ2v) is 12.5. The third kappa shape index (κ3) is 6.64. The van der Waals surface area contributed by atoms with Crippen LogP contribution in [0.5, 0.6) is 0 Å². The molecule has 4 unspecified atom stereocenters. The van der Waals surface area contributed by atoms with Gasteiger partial charge in [-0.05, 0) is 79.1 Å². The van der Waals surface area contributed by atoms with Gasteiger partial charge in [-0.1, -0.05) is 58.4 Å². The van der Waals surface area contributed by atoms with Crippen LogP contribution in [0.15, 0.2) is 22.3 Å². The molecule has 0 aliphatic carbocycles. The molecule has 2 aromatic rings. The molecule has 8 bridgehead atoms. The molecular formula is C34H46N4O4Zn. The first-order valence-electron chi connectivity index (χ1n) is 15.6. The molecule has 0 amide bonds. The van der Waals surface area contributed by atoms with E-state index < -0.39 is 11.9 Å². The van der Waals surface area contributed by atoms with Crippen LogP contribution in [0.3, 0.4) is 0 Å². The summed E-state index contributed by atoms with van der Waals surface area (Å²) < 4.78 is 0. The second kappa shape index (κ2) is 13.7. The minimum Gasteiger partial charge on any atom is -0.664 e. The Morgan fingerprint density at radius 3 is 1.65 bits per heavy atom. The first-order valence-corrected chi connectivity index (χ1v) is 15.6. The predicted octanol–water partition coefficient (Wildman–Crippen LogP) is 4.27. The number of fused-ring (bicyclic) bond motifs is 8. The summed E-state index contributed by atoms with van der Waals surface area (Å²) in [6, 6.07) is 0.433. The molecular weight excluding hydrogens is 594 g/mol. The van der Waals surface area contributed by atoms with Crippen molar-refractivity contribution in [2.45, 2.75) is 130 Å². The number of aromatic nitrogens is 2. The van der Waals surface area contributed by atoms with Gasteiger partial charge >= 0.3 is 31.4 Å². The fourth-order valence-electron chi connectivity index (χ4n) is 7.81. The monoisotopic (exact) mass is 638 g/mol. The van der Waals surface area contributed by atoms with E-state index in [1.54, 1.807) is 0 Å². The SMILES string of the molecule is CCC1=C(C)C2Cc3[n-]c(c(C)c3CC)CC3NC(Cc4[n-]c(c(C)c4CCC(=O)O)CC1N2)C(CCC(=O)O)=C3C.[Zn+2]. The molecule has 9 heteroatoms. The van der Waals surface area contributed by atoms with Gasteiger partial charge in [0.15, 0.2) is 0 Å². The first kappa shape index (κ1) is 33.4.